The number of nitrogens with zero attached hydrogens (tertiary/aromatic N) is 3. The number of halogens is 1. The molecule has 1 aliphatic rings. The van der Waals surface area contributed by atoms with E-state index in [0.717, 1.165) is 33.6 Å². The number of hydrogen-bond acceptors (Lipinski definition) is 3. The first-order valence-corrected chi connectivity index (χ1v) is 9.62. The van der Waals surface area contributed by atoms with Gasteiger partial charge in [-0.3, -0.25) is 4.79 Å². The van der Waals surface area contributed by atoms with Gasteiger partial charge in [-0.05, 0) is 54.8 Å². The monoisotopic (exact) mass is 425 g/mol. The Balaban J connectivity index is 1.60. The minimum absolute atomic E-state index is 0.0159. The van der Waals surface area contributed by atoms with E-state index in [0.29, 0.717) is 18.7 Å². The molecule has 0 atom stereocenters. The van der Waals surface area contributed by atoms with Crippen molar-refractivity contribution in [3.8, 4) is 11.4 Å². The third kappa shape index (κ3) is 3.37. The Morgan fingerprint density at radius 3 is 2.81 bits per heavy atom. The predicted octanol–water partition coefficient (Wildman–Crippen LogP) is 4.15. The highest BCUT2D eigenvalue weighted by atomic mass is 79.9. The molecule has 6 heteroatoms. The van der Waals surface area contributed by atoms with E-state index < -0.39 is 0 Å². The van der Waals surface area contributed by atoms with Crippen LogP contribution in [0.2, 0.25) is 0 Å². The van der Waals surface area contributed by atoms with Crippen LogP contribution in [0.1, 0.15) is 27.2 Å². The molecule has 0 saturated carbocycles. The van der Waals surface area contributed by atoms with Crippen LogP contribution in [0, 0.1) is 6.92 Å². The molecule has 1 aliphatic heterocycles. The molecule has 27 heavy (non-hydrogen) atoms. The standard InChI is InChI=1S/C21H20BrN3O2/c1-14-20(12-23-25(14)18-5-3-4-17(22)11-18)21(26)24-9-8-15-6-7-19(27-2)10-16(15)13-24/h3-7,10-12H,8-9,13H2,1-2H3. The Hall–Kier alpha value is -2.60. The van der Waals surface area contributed by atoms with Crippen molar-refractivity contribution in [1.29, 1.82) is 0 Å². The number of aromatic nitrogens is 2. The van der Waals surface area contributed by atoms with Crippen molar-refractivity contribution >= 4 is 21.8 Å². The van der Waals surface area contributed by atoms with Crippen LogP contribution in [-0.4, -0.2) is 34.2 Å². The molecule has 0 fully saturated rings. The molecule has 0 bridgehead atoms. The first kappa shape index (κ1) is 17.8. The highest BCUT2D eigenvalue weighted by Crippen LogP contribution is 2.26. The van der Waals surface area contributed by atoms with Crippen LogP contribution in [0.5, 0.6) is 5.75 Å². The van der Waals surface area contributed by atoms with E-state index in [9.17, 15) is 4.79 Å². The highest BCUT2D eigenvalue weighted by Gasteiger charge is 2.25. The third-order valence-corrected chi connectivity index (χ3v) is 5.50. The largest absolute Gasteiger partial charge is 0.497 e. The van der Waals surface area contributed by atoms with Crippen LogP contribution >= 0.6 is 15.9 Å². The summed E-state index contributed by atoms with van der Waals surface area (Å²) in [6.07, 6.45) is 2.52. The second-order valence-electron chi connectivity index (χ2n) is 6.65. The Labute approximate surface area is 166 Å². The van der Waals surface area contributed by atoms with Gasteiger partial charge in [-0.1, -0.05) is 28.1 Å². The Morgan fingerprint density at radius 1 is 1.19 bits per heavy atom. The molecule has 0 saturated heterocycles. The number of ether oxygens (including phenoxy) is 1. The molecule has 3 aromatic rings. The maximum atomic E-state index is 13.1. The molecular formula is C21H20BrN3O2. The fourth-order valence-corrected chi connectivity index (χ4v) is 3.88. The summed E-state index contributed by atoms with van der Waals surface area (Å²) in [5.41, 5.74) is 4.83. The van der Waals surface area contributed by atoms with Crippen LogP contribution in [-0.2, 0) is 13.0 Å². The van der Waals surface area contributed by atoms with Crippen LogP contribution in [0.15, 0.2) is 53.1 Å². The molecule has 1 aromatic heterocycles. The van der Waals surface area contributed by atoms with E-state index in [-0.39, 0.29) is 5.91 Å². The predicted molar refractivity (Wildman–Crippen MR) is 107 cm³/mol. The fourth-order valence-electron chi connectivity index (χ4n) is 3.49. The van der Waals surface area contributed by atoms with E-state index in [2.05, 4.69) is 27.1 Å². The zero-order chi connectivity index (χ0) is 19.0. The molecule has 0 spiro atoms. The number of carbonyl (C=O) groups excluding carboxylic acids is 1. The minimum atomic E-state index is 0.0159. The number of carbonyl (C=O) groups is 1. The van der Waals surface area contributed by atoms with Gasteiger partial charge >= 0.3 is 0 Å². The summed E-state index contributed by atoms with van der Waals surface area (Å²) in [4.78, 5) is 15.0. The topological polar surface area (TPSA) is 47.4 Å². The molecular weight excluding hydrogens is 406 g/mol. The molecule has 5 nitrogen and oxygen atoms in total. The lowest BCUT2D eigenvalue weighted by atomic mass is 9.99. The van der Waals surface area contributed by atoms with Gasteiger partial charge in [0.1, 0.15) is 5.75 Å². The van der Waals surface area contributed by atoms with Gasteiger partial charge in [-0.15, -0.1) is 0 Å². The summed E-state index contributed by atoms with van der Waals surface area (Å²) < 4.78 is 8.10. The van der Waals surface area contributed by atoms with Gasteiger partial charge in [0.25, 0.3) is 5.91 Å². The van der Waals surface area contributed by atoms with Crippen LogP contribution in [0.4, 0.5) is 0 Å². The van der Waals surface area contributed by atoms with Crippen molar-refractivity contribution in [3.63, 3.8) is 0 Å². The van der Waals surface area contributed by atoms with E-state index in [1.807, 2.05) is 48.2 Å². The molecule has 1 amide bonds. The summed E-state index contributed by atoms with van der Waals surface area (Å²) in [5, 5.41) is 4.44. The summed E-state index contributed by atoms with van der Waals surface area (Å²) in [6.45, 7) is 3.23. The van der Waals surface area contributed by atoms with Crippen molar-refractivity contribution in [2.24, 2.45) is 0 Å². The van der Waals surface area contributed by atoms with E-state index in [1.165, 1.54) is 5.56 Å². The summed E-state index contributed by atoms with van der Waals surface area (Å²) >= 11 is 3.48. The van der Waals surface area contributed by atoms with E-state index >= 15 is 0 Å². The lowest BCUT2D eigenvalue weighted by Crippen LogP contribution is -2.36. The van der Waals surface area contributed by atoms with E-state index in [4.69, 9.17) is 4.74 Å². The van der Waals surface area contributed by atoms with E-state index in [1.54, 1.807) is 18.0 Å². The van der Waals surface area contributed by atoms with Crippen molar-refractivity contribution in [2.45, 2.75) is 19.9 Å². The molecule has 4 rings (SSSR count). The van der Waals surface area contributed by atoms with Gasteiger partial charge < -0.3 is 9.64 Å². The van der Waals surface area contributed by atoms with Crippen LogP contribution < -0.4 is 4.74 Å². The van der Waals surface area contributed by atoms with Crippen molar-refractivity contribution < 1.29 is 9.53 Å². The molecule has 0 unspecified atom stereocenters. The van der Waals surface area contributed by atoms with Crippen LogP contribution in [0.25, 0.3) is 5.69 Å². The van der Waals surface area contributed by atoms with Crippen LogP contribution in [0.3, 0.4) is 0 Å². The summed E-state index contributed by atoms with van der Waals surface area (Å²) in [5.74, 6) is 0.837. The fraction of sp³-hybridized carbons (Fsp3) is 0.238. The van der Waals surface area contributed by atoms with Gasteiger partial charge in [0.2, 0.25) is 0 Å². The average molecular weight is 426 g/mol. The van der Waals surface area contributed by atoms with Gasteiger partial charge in [0.05, 0.1) is 30.3 Å². The van der Waals surface area contributed by atoms with Crippen molar-refractivity contribution in [3.05, 3.63) is 75.5 Å². The average Bonchev–Trinajstić information content (AvgIpc) is 3.07. The molecule has 0 aliphatic carbocycles. The number of amides is 1. The number of rotatable bonds is 3. The first-order chi connectivity index (χ1) is 13.1. The lowest BCUT2D eigenvalue weighted by Gasteiger charge is -2.29. The minimum Gasteiger partial charge on any atom is -0.497 e. The number of hydrogen-bond donors (Lipinski definition) is 0. The second kappa shape index (κ2) is 7.19. The number of methoxy groups -OCH3 is 1. The molecule has 2 aromatic carbocycles. The highest BCUT2D eigenvalue weighted by molar-refractivity contribution is 9.10. The zero-order valence-electron chi connectivity index (χ0n) is 15.3. The molecule has 2 heterocycles. The summed E-state index contributed by atoms with van der Waals surface area (Å²) in [6, 6.07) is 14.0. The van der Waals surface area contributed by atoms with Gasteiger partial charge in [-0.25, -0.2) is 4.68 Å². The first-order valence-electron chi connectivity index (χ1n) is 8.82. The lowest BCUT2D eigenvalue weighted by molar-refractivity contribution is 0.0733. The molecule has 0 N–H and O–H groups in total. The van der Waals surface area contributed by atoms with Crippen molar-refractivity contribution in [1.82, 2.24) is 14.7 Å². The Bertz CT molecular complexity index is 1010. The van der Waals surface area contributed by atoms with Crippen molar-refractivity contribution in [2.75, 3.05) is 13.7 Å². The van der Waals surface area contributed by atoms with Gasteiger partial charge in [-0.2, -0.15) is 5.10 Å². The zero-order valence-corrected chi connectivity index (χ0v) is 16.9. The maximum Gasteiger partial charge on any atom is 0.257 e. The molecule has 138 valence electrons. The van der Waals surface area contributed by atoms with Gasteiger partial charge in [0.15, 0.2) is 0 Å². The Morgan fingerprint density at radius 2 is 2.04 bits per heavy atom. The van der Waals surface area contributed by atoms with Gasteiger partial charge in [0, 0.05) is 17.6 Å². The Kier molecular flexibility index (Phi) is 4.74. The maximum absolute atomic E-state index is 13.1. The molecule has 0 radical (unpaired) electrons. The smallest absolute Gasteiger partial charge is 0.257 e. The summed E-state index contributed by atoms with van der Waals surface area (Å²) in [7, 11) is 1.66. The number of fused-ring (bicyclic) bond motifs is 1. The SMILES string of the molecule is COc1ccc2c(c1)CN(C(=O)c1cnn(-c3cccc(Br)c3)c1C)CC2. The number of benzene rings is 2. The third-order valence-electron chi connectivity index (χ3n) is 5.01. The second-order valence-corrected chi connectivity index (χ2v) is 7.56. The normalized spacial score (nSPS) is 13.4. The quantitative estimate of drug-likeness (QED) is 0.632.